The number of rotatable bonds is 4. The predicted octanol–water partition coefficient (Wildman–Crippen LogP) is 2.80. The number of benzene rings is 1. The lowest BCUT2D eigenvalue weighted by molar-refractivity contribution is 0.256. The first-order valence-electron chi connectivity index (χ1n) is 5.72. The van der Waals surface area contributed by atoms with Crippen LogP contribution < -0.4 is 11.3 Å². The van der Waals surface area contributed by atoms with Gasteiger partial charge < -0.3 is 0 Å². The monoisotopic (exact) mass is 244 g/mol. The number of nitrogens with two attached hydrogens (primary N) is 1. The van der Waals surface area contributed by atoms with E-state index < -0.39 is 23.5 Å². The van der Waals surface area contributed by atoms with Crippen LogP contribution in [0.4, 0.5) is 13.2 Å². The standard InChI is InChI=1S/C12H15F3N2/c13-8-5-9(14)12(10(15)6-8)11(17-16)4-7-2-1-3-7/h5-7,11,17H,1-4,16H2. The molecule has 1 unspecified atom stereocenters. The normalized spacial score (nSPS) is 17.9. The molecule has 1 aromatic carbocycles. The van der Waals surface area contributed by atoms with Crippen molar-refractivity contribution in [1.29, 1.82) is 0 Å². The molecule has 0 spiro atoms. The molecule has 2 nitrogen and oxygen atoms in total. The lowest BCUT2D eigenvalue weighted by Gasteiger charge is -2.29. The third-order valence-electron chi connectivity index (χ3n) is 3.39. The summed E-state index contributed by atoms with van der Waals surface area (Å²) >= 11 is 0. The number of nitrogens with one attached hydrogen (secondary N) is 1. The Morgan fingerprint density at radius 3 is 2.24 bits per heavy atom. The van der Waals surface area contributed by atoms with Crippen LogP contribution in [-0.2, 0) is 0 Å². The molecule has 1 aromatic rings. The quantitative estimate of drug-likeness (QED) is 0.631. The number of hydrogen-bond donors (Lipinski definition) is 2. The second-order valence-corrected chi connectivity index (χ2v) is 4.53. The van der Waals surface area contributed by atoms with E-state index >= 15 is 0 Å². The van der Waals surface area contributed by atoms with Gasteiger partial charge in [-0.25, -0.2) is 13.2 Å². The van der Waals surface area contributed by atoms with E-state index in [4.69, 9.17) is 5.84 Å². The van der Waals surface area contributed by atoms with Gasteiger partial charge in [0, 0.05) is 17.7 Å². The molecule has 0 aromatic heterocycles. The van der Waals surface area contributed by atoms with Crippen LogP contribution in [0.1, 0.15) is 37.3 Å². The van der Waals surface area contributed by atoms with Gasteiger partial charge in [-0.1, -0.05) is 19.3 Å². The fourth-order valence-electron chi connectivity index (χ4n) is 2.22. The maximum Gasteiger partial charge on any atom is 0.133 e. The molecule has 0 radical (unpaired) electrons. The fraction of sp³-hybridized carbons (Fsp3) is 0.500. The molecule has 5 heteroatoms. The van der Waals surface area contributed by atoms with Gasteiger partial charge in [0.05, 0.1) is 6.04 Å². The lowest BCUT2D eigenvalue weighted by Crippen LogP contribution is -2.32. The minimum Gasteiger partial charge on any atom is -0.271 e. The van der Waals surface area contributed by atoms with Crippen molar-refractivity contribution in [2.75, 3.05) is 0 Å². The molecule has 2 rings (SSSR count). The van der Waals surface area contributed by atoms with Crippen LogP contribution in [0.3, 0.4) is 0 Å². The molecule has 17 heavy (non-hydrogen) atoms. The molecule has 3 N–H and O–H groups in total. The molecular weight excluding hydrogens is 229 g/mol. The van der Waals surface area contributed by atoms with Gasteiger partial charge in [-0.05, 0) is 12.3 Å². The Bertz CT molecular complexity index is 382. The van der Waals surface area contributed by atoms with Crippen LogP contribution in [0.25, 0.3) is 0 Å². The van der Waals surface area contributed by atoms with E-state index in [9.17, 15) is 13.2 Å². The minimum absolute atomic E-state index is 0.166. The molecule has 0 amide bonds. The Labute approximate surface area is 98.0 Å². The number of hydrazine groups is 1. The van der Waals surface area contributed by atoms with Crippen LogP contribution in [0.2, 0.25) is 0 Å². The van der Waals surface area contributed by atoms with Crippen LogP contribution in [-0.4, -0.2) is 0 Å². The Balaban J connectivity index is 2.22. The van der Waals surface area contributed by atoms with Crippen LogP contribution in [0, 0.1) is 23.4 Å². The van der Waals surface area contributed by atoms with Gasteiger partial charge >= 0.3 is 0 Å². The van der Waals surface area contributed by atoms with Gasteiger partial charge in [0.25, 0.3) is 0 Å². The van der Waals surface area contributed by atoms with Crippen molar-refractivity contribution in [1.82, 2.24) is 5.43 Å². The molecule has 0 aliphatic heterocycles. The molecule has 1 saturated carbocycles. The van der Waals surface area contributed by atoms with Gasteiger partial charge in [-0.3, -0.25) is 11.3 Å². The van der Waals surface area contributed by atoms with Crippen molar-refractivity contribution in [3.63, 3.8) is 0 Å². The van der Waals surface area contributed by atoms with E-state index in [1.165, 1.54) is 0 Å². The van der Waals surface area contributed by atoms with Gasteiger partial charge in [-0.2, -0.15) is 0 Å². The first kappa shape index (κ1) is 12.4. The molecule has 0 heterocycles. The average molecular weight is 244 g/mol. The lowest BCUT2D eigenvalue weighted by atomic mass is 9.79. The van der Waals surface area contributed by atoms with Crippen molar-refractivity contribution in [2.45, 2.75) is 31.7 Å². The van der Waals surface area contributed by atoms with Crippen LogP contribution in [0.5, 0.6) is 0 Å². The summed E-state index contributed by atoms with van der Waals surface area (Å²) in [6.07, 6.45) is 3.84. The molecule has 1 atom stereocenters. The summed E-state index contributed by atoms with van der Waals surface area (Å²) in [5.74, 6) is 3.09. The fourth-order valence-corrected chi connectivity index (χ4v) is 2.22. The predicted molar refractivity (Wildman–Crippen MR) is 58.3 cm³/mol. The van der Waals surface area contributed by atoms with E-state index in [-0.39, 0.29) is 5.56 Å². The van der Waals surface area contributed by atoms with Crippen molar-refractivity contribution < 1.29 is 13.2 Å². The summed E-state index contributed by atoms with van der Waals surface area (Å²) in [6, 6.07) is 0.772. The smallest absolute Gasteiger partial charge is 0.133 e. The molecule has 1 aliphatic carbocycles. The highest BCUT2D eigenvalue weighted by molar-refractivity contribution is 5.24. The summed E-state index contributed by atoms with van der Waals surface area (Å²) < 4.78 is 39.9. The summed E-state index contributed by atoms with van der Waals surface area (Å²) in [7, 11) is 0. The Hall–Kier alpha value is -1.07. The van der Waals surface area contributed by atoms with E-state index in [1.54, 1.807) is 0 Å². The SMILES string of the molecule is NNC(CC1CCC1)c1c(F)cc(F)cc1F. The second-order valence-electron chi connectivity index (χ2n) is 4.53. The Morgan fingerprint density at radius 2 is 1.82 bits per heavy atom. The minimum atomic E-state index is -0.914. The van der Waals surface area contributed by atoms with E-state index in [2.05, 4.69) is 5.43 Å². The molecule has 1 aliphatic rings. The third kappa shape index (κ3) is 2.61. The second kappa shape index (κ2) is 5.06. The first-order chi connectivity index (χ1) is 8.11. The van der Waals surface area contributed by atoms with Gasteiger partial charge in [-0.15, -0.1) is 0 Å². The van der Waals surface area contributed by atoms with Crippen molar-refractivity contribution >= 4 is 0 Å². The average Bonchev–Trinajstić information content (AvgIpc) is 2.18. The van der Waals surface area contributed by atoms with Crippen molar-refractivity contribution in [3.8, 4) is 0 Å². The van der Waals surface area contributed by atoms with Crippen LogP contribution >= 0.6 is 0 Å². The molecule has 0 bridgehead atoms. The van der Waals surface area contributed by atoms with Gasteiger partial charge in [0.1, 0.15) is 17.5 Å². The highest BCUT2D eigenvalue weighted by atomic mass is 19.1. The van der Waals surface area contributed by atoms with Gasteiger partial charge in [0.2, 0.25) is 0 Å². The zero-order chi connectivity index (χ0) is 12.4. The van der Waals surface area contributed by atoms with Crippen molar-refractivity contribution in [3.05, 3.63) is 35.1 Å². The van der Waals surface area contributed by atoms with Crippen LogP contribution in [0.15, 0.2) is 12.1 Å². The summed E-state index contributed by atoms with van der Waals surface area (Å²) in [5.41, 5.74) is 2.25. The largest absolute Gasteiger partial charge is 0.271 e. The van der Waals surface area contributed by atoms with E-state index in [0.717, 1.165) is 19.3 Å². The highest BCUT2D eigenvalue weighted by Gasteiger charge is 2.26. The maximum absolute atomic E-state index is 13.5. The number of halogens is 3. The Morgan fingerprint density at radius 1 is 1.24 bits per heavy atom. The summed E-state index contributed by atoms with van der Waals surface area (Å²) in [6.45, 7) is 0. The first-order valence-corrected chi connectivity index (χ1v) is 5.72. The zero-order valence-electron chi connectivity index (χ0n) is 9.35. The van der Waals surface area contributed by atoms with E-state index in [1.807, 2.05) is 0 Å². The highest BCUT2D eigenvalue weighted by Crippen LogP contribution is 2.35. The Kier molecular flexibility index (Phi) is 3.69. The summed E-state index contributed by atoms with van der Waals surface area (Å²) in [5, 5.41) is 0. The number of hydrogen-bond acceptors (Lipinski definition) is 2. The zero-order valence-corrected chi connectivity index (χ0v) is 9.35. The molecular formula is C12H15F3N2. The topological polar surface area (TPSA) is 38.0 Å². The van der Waals surface area contributed by atoms with Gasteiger partial charge in [0.15, 0.2) is 0 Å². The maximum atomic E-state index is 13.5. The molecule has 1 fully saturated rings. The molecule has 0 saturated heterocycles. The third-order valence-corrected chi connectivity index (χ3v) is 3.39. The van der Waals surface area contributed by atoms with Crippen molar-refractivity contribution in [2.24, 2.45) is 11.8 Å². The van der Waals surface area contributed by atoms with E-state index in [0.29, 0.717) is 24.5 Å². The molecule has 94 valence electrons. The summed E-state index contributed by atoms with van der Waals surface area (Å²) in [4.78, 5) is 0.